The van der Waals surface area contributed by atoms with Crippen molar-refractivity contribution in [1.82, 2.24) is 4.98 Å². The van der Waals surface area contributed by atoms with E-state index in [4.69, 9.17) is 4.74 Å². The van der Waals surface area contributed by atoms with Crippen LogP contribution in [0.2, 0.25) is 0 Å². The molecule has 0 saturated heterocycles. The lowest BCUT2D eigenvalue weighted by atomic mass is 10.1. The number of aromatic nitrogens is 1. The van der Waals surface area contributed by atoms with E-state index >= 15 is 0 Å². The summed E-state index contributed by atoms with van der Waals surface area (Å²) < 4.78 is 18.8. The van der Waals surface area contributed by atoms with E-state index in [0.717, 1.165) is 33.0 Å². The average molecular weight is 384 g/mol. The van der Waals surface area contributed by atoms with Crippen LogP contribution in [-0.4, -0.2) is 17.5 Å². The Bertz CT molecular complexity index is 951. The van der Waals surface area contributed by atoms with Crippen molar-refractivity contribution < 1.29 is 13.9 Å². The minimum Gasteiger partial charge on any atom is -0.493 e. The maximum absolute atomic E-state index is 13.1. The minimum atomic E-state index is -0.288. The van der Waals surface area contributed by atoms with Gasteiger partial charge < -0.3 is 10.1 Å². The fourth-order valence-electron chi connectivity index (χ4n) is 2.62. The molecule has 0 aliphatic heterocycles. The molecule has 140 valence electrons. The Morgan fingerprint density at radius 3 is 2.63 bits per heavy atom. The fourth-order valence-corrected chi connectivity index (χ4v) is 3.48. The molecule has 0 radical (unpaired) electrons. The molecule has 0 fully saturated rings. The molecule has 0 spiro atoms. The molecule has 0 saturated carbocycles. The van der Waals surface area contributed by atoms with Gasteiger partial charge in [-0.3, -0.25) is 4.79 Å². The van der Waals surface area contributed by atoms with Gasteiger partial charge in [0.2, 0.25) is 5.91 Å². The number of nitrogens with one attached hydrogen (secondary N) is 1. The summed E-state index contributed by atoms with van der Waals surface area (Å²) in [6.07, 6.45) is 0.234. The third-order valence-corrected chi connectivity index (χ3v) is 4.98. The van der Waals surface area contributed by atoms with Crippen molar-refractivity contribution in [2.45, 2.75) is 27.2 Å². The number of carbonyl (C=O) groups excluding carboxylic acids is 1. The van der Waals surface area contributed by atoms with Gasteiger partial charge in [-0.1, -0.05) is 12.1 Å². The van der Waals surface area contributed by atoms with Gasteiger partial charge in [0.05, 0.1) is 18.7 Å². The Balaban J connectivity index is 1.57. The van der Waals surface area contributed by atoms with Gasteiger partial charge in [0, 0.05) is 10.4 Å². The Hall–Kier alpha value is -2.73. The number of thiazole rings is 1. The summed E-state index contributed by atoms with van der Waals surface area (Å²) in [4.78, 5) is 17.6. The molecule has 2 aromatic carbocycles. The van der Waals surface area contributed by atoms with E-state index < -0.39 is 0 Å². The molecule has 6 heteroatoms. The SMILES string of the molecule is Cc1ccc(C)c(OCCC(=O)Nc2nc(-c3ccc(F)cc3)c(C)s2)c1. The topological polar surface area (TPSA) is 51.2 Å². The number of amides is 1. The summed E-state index contributed by atoms with van der Waals surface area (Å²) in [5.74, 6) is 0.357. The monoisotopic (exact) mass is 384 g/mol. The second-order valence-electron chi connectivity index (χ2n) is 6.35. The van der Waals surface area contributed by atoms with Crippen LogP contribution in [0.15, 0.2) is 42.5 Å². The zero-order chi connectivity index (χ0) is 19.4. The lowest BCUT2D eigenvalue weighted by Gasteiger charge is -2.09. The van der Waals surface area contributed by atoms with Crippen LogP contribution in [0, 0.1) is 26.6 Å². The molecule has 1 amide bonds. The predicted molar refractivity (Wildman–Crippen MR) is 107 cm³/mol. The summed E-state index contributed by atoms with van der Waals surface area (Å²) in [6, 6.07) is 12.2. The first kappa shape index (κ1) is 19.0. The van der Waals surface area contributed by atoms with Crippen molar-refractivity contribution in [3.63, 3.8) is 0 Å². The predicted octanol–water partition coefficient (Wildman–Crippen LogP) is 5.28. The van der Waals surface area contributed by atoms with E-state index in [1.807, 2.05) is 39.0 Å². The normalized spacial score (nSPS) is 10.7. The van der Waals surface area contributed by atoms with E-state index in [1.165, 1.54) is 23.5 Å². The molecule has 27 heavy (non-hydrogen) atoms. The minimum absolute atomic E-state index is 0.153. The number of carbonyl (C=O) groups is 1. The van der Waals surface area contributed by atoms with Gasteiger partial charge in [0.1, 0.15) is 11.6 Å². The van der Waals surface area contributed by atoms with Gasteiger partial charge in [-0.25, -0.2) is 9.37 Å². The molecular formula is C21H21FN2O2S. The second-order valence-corrected chi connectivity index (χ2v) is 7.55. The number of hydrogen-bond acceptors (Lipinski definition) is 4. The van der Waals surface area contributed by atoms with Gasteiger partial charge in [0.15, 0.2) is 5.13 Å². The Kier molecular flexibility index (Phi) is 5.86. The van der Waals surface area contributed by atoms with Crippen LogP contribution >= 0.6 is 11.3 Å². The van der Waals surface area contributed by atoms with E-state index in [2.05, 4.69) is 10.3 Å². The molecule has 1 heterocycles. The molecule has 3 rings (SSSR count). The van der Waals surface area contributed by atoms with Gasteiger partial charge in [-0.2, -0.15) is 0 Å². The molecule has 4 nitrogen and oxygen atoms in total. The van der Waals surface area contributed by atoms with Crippen LogP contribution in [-0.2, 0) is 4.79 Å². The molecule has 0 aliphatic carbocycles. The smallest absolute Gasteiger partial charge is 0.229 e. The van der Waals surface area contributed by atoms with E-state index in [9.17, 15) is 9.18 Å². The lowest BCUT2D eigenvalue weighted by molar-refractivity contribution is -0.116. The van der Waals surface area contributed by atoms with Crippen LogP contribution in [0.3, 0.4) is 0 Å². The van der Waals surface area contributed by atoms with Crippen LogP contribution in [0.1, 0.15) is 22.4 Å². The van der Waals surface area contributed by atoms with Crippen molar-refractivity contribution in [2.75, 3.05) is 11.9 Å². The van der Waals surface area contributed by atoms with Gasteiger partial charge in [0.25, 0.3) is 0 Å². The Morgan fingerprint density at radius 2 is 1.89 bits per heavy atom. The highest BCUT2D eigenvalue weighted by Crippen LogP contribution is 2.30. The number of aryl methyl sites for hydroxylation is 3. The van der Waals surface area contributed by atoms with Crippen LogP contribution in [0.4, 0.5) is 9.52 Å². The molecule has 1 aromatic heterocycles. The Morgan fingerprint density at radius 1 is 1.15 bits per heavy atom. The molecular weight excluding hydrogens is 363 g/mol. The molecule has 0 aliphatic rings. The molecule has 0 unspecified atom stereocenters. The van der Waals surface area contributed by atoms with Crippen LogP contribution < -0.4 is 10.1 Å². The maximum Gasteiger partial charge on any atom is 0.229 e. The van der Waals surface area contributed by atoms with Crippen molar-refractivity contribution in [1.29, 1.82) is 0 Å². The lowest BCUT2D eigenvalue weighted by Crippen LogP contribution is -2.15. The quantitative estimate of drug-likeness (QED) is 0.629. The Labute approximate surface area is 162 Å². The highest BCUT2D eigenvalue weighted by molar-refractivity contribution is 7.16. The number of halogens is 1. The number of benzene rings is 2. The highest BCUT2D eigenvalue weighted by atomic mass is 32.1. The van der Waals surface area contributed by atoms with E-state index in [1.54, 1.807) is 12.1 Å². The fraction of sp³-hybridized carbons (Fsp3) is 0.238. The molecule has 1 N–H and O–H groups in total. The number of anilines is 1. The zero-order valence-electron chi connectivity index (χ0n) is 15.5. The van der Waals surface area contributed by atoms with Gasteiger partial charge >= 0.3 is 0 Å². The van der Waals surface area contributed by atoms with Crippen molar-refractivity contribution >= 4 is 22.4 Å². The summed E-state index contributed by atoms with van der Waals surface area (Å²) in [6.45, 7) is 6.20. The number of hydrogen-bond donors (Lipinski definition) is 1. The van der Waals surface area contributed by atoms with Gasteiger partial charge in [-0.05, 0) is 62.2 Å². The van der Waals surface area contributed by atoms with Crippen LogP contribution in [0.5, 0.6) is 5.75 Å². The zero-order valence-corrected chi connectivity index (χ0v) is 16.3. The average Bonchev–Trinajstić information content (AvgIpc) is 2.98. The van der Waals surface area contributed by atoms with Crippen LogP contribution in [0.25, 0.3) is 11.3 Å². The molecule has 0 atom stereocenters. The third-order valence-electron chi connectivity index (χ3n) is 4.09. The van der Waals surface area contributed by atoms with E-state index in [-0.39, 0.29) is 18.1 Å². The largest absolute Gasteiger partial charge is 0.493 e. The first-order chi connectivity index (χ1) is 12.9. The molecule has 0 bridgehead atoms. The number of ether oxygens (including phenoxy) is 1. The van der Waals surface area contributed by atoms with E-state index in [0.29, 0.717) is 11.7 Å². The second kappa shape index (κ2) is 8.31. The summed E-state index contributed by atoms with van der Waals surface area (Å²) >= 11 is 1.40. The number of nitrogens with zero attached hydrogens (tertiary/aromatic N) is 1. The standard InChI is InChI=1S/C21H21FN2O2S/c1-13-4-5-14(2)18(12-13)26-11-10-19(25)23-21-24-20(15(3)27-21)16-6-8-17(22)9-7-16/h4-9,12H,10-11H2,1-3H3,(H,23,24,25). The highest BCUT2D eigenvalue weighted by Gasteiger charge is 2.12. The third kappa shape index (κ3) is 4.92. The summed E-state index contributed by atoms with van der Waals surface area (Å²) in [7, 11) is 0. The first-order valence-electron chi connectivity index (χ1n) is 8.65. The number of rotatable bonds is 6. The van der Waals surface area contributed by atoms with Crippen molar-refractivity contribution in [3.8, 4) is 17.0 Å². The summed E-state index contributed by atoms with van der Waals surface area (Å²) in [5.41, 5.74) is 3.73. The summed E-state index contributed by atoms with van der Waals surface area (Å²) in [5, 5.41) is 3.34. The molecule has 3 aromatic rings. The van der Waals surface area contributed by atoms with Crippen molar-refractivity contribution in [2.24, 2.45) is 0 Å². The first-order valence-corrected chi connectivity index (χ1v) is 9.47. The van der Waals surface area contributed by atoms with Crippen molar-refractivity contribution in [3.05, 3.63) is 64.3 Å². The maximum atomic E-state index is 13.1. The van der Waals surface area contributed by atoms with Gasteiger partial charge in [-0.15, -0.1) is 11.3 Å².